The van der Waals surface area contributed by atoms with Crippen LogP contribution in [-0.4, -0.2) is 46.5 Å². The lowest BCUT2D eigenvalue weighted by Crippen LogP contribution is -2.41. The van der Waals surface area contributed by atoms with Crippen molar-refractivity contribution in [1.82, 2.24) is 4.72 Å². The highest BCUT2D eigenvalue weighted by Gasteiger charge is 2.24. The molecule has 1 aromatic rings. The average molecular weight is 303 g/mol. The Kier molecular flexibility index (Phi) is 5.94. The van der Waals surface area contributed by atoms with E-state index in [0.717, 1.165) is 0 Å². The van der Waals surface area contributed by atoms with Crippen molar-refractivity contribution >= 4 is 10.0 Å². The summed E-state index contributed by atoms with van der Waals surface area (Å²) < 4.78 is 36.5. The van der Waals surface area contributed by atoms with Crippen LogP contribution in [0.15, 0.2) is 29.2 Å². The third kappa shape index (κ3) is 5.09. The van der Waals surface area contributed by atoms with Gasteiger partial charge in [0.1, 0.15) is 5.75 Å². The molecule has 1 atom stereocenters. The van der Waals surface area contributed by atoms with Gasteiger partial charge in [0.05, 0.1) is 17.6 Å². The number of ether oxygens (including phenoxy) is 2. The highest BCUT2D eigenvalue weighted by atomic mass is 32.2. The van der Waals surface area contributed by atoms with E-state index in [1.54, 1.807) is 19.1 Å². The van der Waals surface area contributed by atoms with E-state index in [1.165, 1.54) is 26.4 Å². The average Bonchev–Trinajstić information content (AvgIpc) is 2.43. The van der Waals surface area contributed by atoms with Gasteiger partial charge in [0, 0.05) is 32.7 Å². The first kappa shape index (κ1) is 16.9. The van der Waals surface area contributed by atoms with E-state index in [2.05, 4.69) is 4.72 Å². The summed E-state index contributed by atoms with van der Waals surface area (Å²) >= 11 is 0. The highest BCUT2D eigenvalue weighted by molar-refractivity contribution is 7.89. The third-order valence-corrected chi connectivity index (χ3v) is 4.24. The predicted molar refractivity (Wildman–Crippen MR) is 75.3 cm³/mol. The number of nitrogens with one attached hydrogen (secondary N) is 1. The highest BCUT2D eigenvalue weighted by Crippen LogP contribution is 2.17. The van der Waals surface area contributed by atoms with Gasteiger partial charge in [0.2, 0.25) is 10.0 Å². The molecule has 0 saturated carbocycles. The number of sulfonamides is 1. The molecule has 1 unspecified atom stereocenters. The Labute approximate surface area is 119 Å². The van der Waals surface area contributed by atoms with Crippen LogP contribution in [0, 0.1) is 0 Å². The summed E-state index contributed by atoms with van der Waals surface area (Å²) in [7, 11) is -0.691. The molecule has 0 spiro atoms. The second-order valence-electron chi connectivity index (χ2n) is 4.74. The fourth-order valence-corrected chi connectivity index (χ4v) is 2.71. The minimum absolute atomic E-state index is 0.0874. The van der Waals surface area contributed by atoms with Gasteiger partial charge in [0.25, 0.3) is 0 Å². The number of hydrogen-bond acceptors (Lipinski definition) is 5. The van der Waals surface area contributed by atoms with Crippen LogP contribution in [0.5, 0.6) is 5.75 Å². The van der Waals surface area contributed by atoms with Gasteiger partial charge in [-0.25, -0.2) is 13.1 Å². The molecule has 0 aliphatic rings. The smallest absolute Gasteiger partial charge is 0.240 e. The van der Waals surface area contributed by atoms with Crippen LogP contribution in [0.1, 0.15) is 13.3 Å². The Morgan fingerprint density at radius 1 is 1.35 bits per heavy atom. The summed E-state index contributed by atoms with van der Waals surface area (Å²) in [5.41, 5.74) is -1.16. The van der Waals surface area contributed by atoms with Gasteiger partial charge in [-0.05, 0) is 19.1 Å². The van der Waals surface area contributed by atoms with E-state index in [0.29, 0.717) is 18.8 Å². The van der Waals surface area contributed by atoms with Gasteiger partial charge >= 0.3 is 0 Å². The molecule has 7 heteroatoms. The van der Waals surface area contributed by atoms with E-state index >= 15 is 0 Å². The maximum absolute atomic E-state index is 12.1. The topological polar surface area (TPSA) is 84.9 Å². The van der Waals surface area contributed by atoms with Crippen molar-refractivity contribution in [3.05, 3.63) is 24.3 Å². The van der Waals surface area contributed by atoms with Crippen LogP contribution >= 0.6 is 0 Å². The monoisotopic (exact) mass is 303 g/mol. The first-order valence-electron chi connectivity index (χ1n) is 6.16. The standard InChI is InChI=1S/C13H21NO5S/c1-13(15,7-8-18-2)10-14-20(16,17)12-6-4-5-11(9-12)19-3/h4-6,9,14-15H,7-8,10H2,1-3H3. The maximum atomic E-state index is 12.1. The minimum Gasteiger partial charge on any atom is -0.497 e. The van der Waals surface area contributed by atoms with E-state index in [4.69, 9.17) is 9.47 Å². The SMILES string of the molecule is COCCC(C)(O)CNS(=O)(=O)c1cccc(OC)c1. The van der Waals surface area contributed by atoms with Crippen LogP contribution in [0.3, 0.4) is 0 Å². The van der Waals surface area contributed by atoms with Crippen LogP contribution in [0.25, 0.3) is 0 Å². The molecule has 20 heavy (non-hydrogen) atoms. The summed E-state index contributed by atoms with van der Waals surface area (Å²) in [6.07, 6.45) is 0.337. The summed E-state index contributed by atoms with van der Waals surface area (Å²) in [6, 6.07) is 6.14. The molecular formula is C13H21NO5S. The molecule has 0 fully saturated rings. The summed E-state index contributed by atoms with van der Waals surface area (Å²) in [6.45, 7) is 1.82. The molecule has 0 heterocycles. The molecule has 114 valence electrons. The van der Waals surface area contributed by atoms with Crippen molar-refractivity contribution in [1.29, 1.82) is 0 Å². The first-order valence-corrected chi connectivity index (χ1v) is 7.64. The lowest BCUT2D eigenvalue weighted by molar-refractivity contribution is 0.0292. The molecule has 1 aromatic carbocycles. The van der Waals surface area contributed by atoms with E-state index < -0.39 is 15.6 Å². The Morgan fingerprint density at radius 2 is 2.05 bits per heavy atom. The van der Waals surface area contributed by atoms with Gasteiger partial charge in [-0.2, -0.15) is 0 Å². The molecule has 0 aliphatic carbocycles. The van der Waals surface area contributed by atoms with Crippen LogP contribution in [0.4, 0.5) is 0 Å². The van der Waals surface area contributed by atoms with Crippen LogP contribution in [-0.2, 0) is 14.8 Å². The number of aliphatic hydroxyl groups is 1. The Balaban J connectivity index is 2.74. The van der Waals surface area contributed by atoms with E-state index in [-0.39, 0.29) is 11.4 Å². The molecule has 0 radical (unpaired) electrons. The van der Waals surface area contributed by atoms with Gasteiger partial charge in [0.15, 0.2) is 0 Å². The predicted octanol–water partition coefficient (Wildman–Crippen LogP) is 0.761. The van der Waals surface area contributed by atoms with Crippen molar-refractivity contribution in [2.24, 2.45) is 0 Å². The number of rotatable bonds is 8. The van der Waals surface area contributed by atoms with E-state index in [9.17, 15) is 13.5 Å². The fraction of sp³-hybridized carbons (Fsp3) is 0.538. The zero-order valence-corrected chi connectivity index (χ0v) is 12.7. The Bertz CT molecular complexity index is 527. The van der Waals surface area contributed by atoms with Gasteiger partial charge < -0.3 is 14.6 Å². The van der Waals surface area contributed by atoms with Crippen molar-refractivity contribution in [2.75, 3.05) is 27.4 Å². The molecular weight excluding hydrogens is 282 g/mol. The van der Waals surface area contributed by atoms with E-state index in [1.807, 2.05) is 0 Å². The molecule has 0 aliphatic heterocycles. The van der Waals surface area contributed by atoms with Crippen molar-refractivity contribution < 1.29 is 23.0 Å². The molecule has 2 N–H and O–H groups in total. The number of benzene rings is 1. The minimum atomic E-state index is -3.68. The van der Waals surface area contributed by atoms with Crippen LogP contribution in [0.2, 0.25) is 0 Å². The van der Waals surface area contributed by atoms with Gasteiger partial charge in [-0.3, -0.25) is 0 Å². The second kappa shape index (κ2) is 7.03. The van der Waals surface area contributed by atoms with Crippen molar-refractivity contribution in [3.63, 3.8) is 0 Å². The molecule has 6 nitrogen and oxygen atoms in total. The Morgan fingerprint density at radius 3 is 2.65 bits per heavy atom. The molecule has 0 saturated heterocycles. The second-order valence-corrected chi connectivity index (χ2v) is 6.51. The number of hydrogen-bond donors (Lipinski definition) is 2. The Hall–Kier alpha value is -1.15. The van der Waals surface area contributed by atoms with Crippen molar-refractivity contribution in [2.45, 2.75) is 23.8 Å². The normalized spacial score (nSPS) is 14.8. The van der Waals surface area contributed by atoms with Gasteiger partial charge in [-0.1, -0.05) is 6.07 Å². The van der Waals surface area contributed by atoms with Gasteiger partial charge in [-0.15, -0.1) is 0 Å². The first-order chi connectivity index (χ1) is 9.30. The summed E-state index contributed by atoms with van der Waals surface area (Å²) in [5, 5.41) is 10.0. The number of methoxy groups -OCH3 is 2. The third-order valence-electron chi connectivity index (χ3n) is 2.84. The zero-order valence-electron chi connectivity index (χ0n) is 11.9. The van der Waals surface area contributed by atoms with Crippen LogP contribution < -0.4 is 9.46 Å². The fourth-order valence-electron chi connectivity index (χ4n) is 1.51. The zero-order chi connectivity index (χ0) is 15.2. The molecule has 0 amide bonds. The summed E-state index contributed by atoms with van der Waals surface area (Å²) in [4.78, 5) is 0.0967. The summed E-state index contributed by atoms with van der Waals surface area (Å²) in [5.74, 6) is 0.457. The molecule has 0 bridgehead atoms. The lowest BCUT2D eigenvalue weighted by atomic mass is 10.0. The van der Waals surface area contributed by atoms with Crippen molar-refractivity contribution in [3.8, 4) is 5.75 Å². The largest absolute Gasteiger partial charge is 0.497 e. The lowest BCUT2D eigenvalue weighted by Gasteiger charge is -2.23. The molecule has 0 aromatic heterocycles. The maximum Gasteiger partial charge on any atom is 0.240 e. The molecule has 1 rings (SSSR count). The quantitative estimate of drug-likeness (QED) is 0.740.